The molecular formula is C11H22N2. The number of nitrogens with zero attached hydrogens (tertiary/aromatic N) is 1. The second kappa shape index (κ2) is 3.25. The van der Waals surface area contributed by atoms with Gasteiger partial charge < -0.3 is 5.73 Å². The van der Waals surface area contributed by atoms with Gasteiger partial charge in [-0.05, 0) is 45.1 Å². The zero-order chi connectivity index (χ0) is 9.47. The van der Waals surface area contributed by atoms with Crippen LogP contribution in [-0.2, 0) is 0 Å². The smallest absolute Gasteiger partial charge is 0.0284 e. The Balaban J connectivity index is 1.85. The number of piperidine rings is 1. The van der Waals surface area contributed by atoms with Gasteiger partial charge in [-0.3, -0.25) is 4.90 Å². The van der Waals surface area contributed by atoms with E-state index in [0.29, 0.717) is 0 Å². The third kappa shape index (κ3) is 2.23. The van der Waals surface area contributed by atoms with E-state index in [-0.39, 0.29) is 5.54 Å². The summed E-state index contributed by atoms with van der Waals surface area (Å²) in [6.07, 6.45) is 5.20. The summed E-state index contributed by atoms with van der Waals surface area (Å²) in [6.45, 7) is 7.12. The Labute approximate surface area is 81.5 Å². The van der Waals surface area contributed by atoms with Gasteiger partial charge in [-0.1, -0.05) is 6.92 Å². The Morgan fingerprint density at radius 2 is 2.08 bits per heavy atom. The number of hydrogen-bond donors (Lipinski definition) is 1. The maximum atomic E-state index is 6.13. The monoisotopic (exact) mass is 182 g/mol. The van der Waals surface area contributed by atoms with Crippen LogP contribution in [0.2, 0.25) is 0 Å². The van der Waals surface area contributed by atoms with E-state index in [1.54, 1.807) is 0 Å². The first-order chi connectivity index (χ1) is 6.09. The van der Waals surface area contributed by atoms with Crippen molar-refractivity contribution in [1.82, 2.24) is 4.90 Å². The molecule has 1 saturated heterocycles. The quantitative estimate of drug-likeness (QED) is 0.703. The van der Waals surface area contributed by atoms with Crippen LogP contribution in [0.4, 0.5) is 0 Å². The molecule has 0 aromatic heterocycles. The molecule has 2 heteroatoms. The predicted octanol–water partition coefficient (Wildman–Crippen LogP) is 1.60. The number of nitrogens with two attached hydrogens (primary N) is 1. The topological polar surface area (TPSA) is 29.3 Å². The lowest BCUT2D eigenvalue weighted by molar-refractivity contribution is 0.119. The summed E-state index contributed by atoms with van der Waals surface area (Å²) in [5.74, 6) is 0.916. The van der Waals surface area contributed by atoms with Crippen LogP contribution in [0.15, 0.2) is 0 Å². The van der Waals surface area contributed by atoms with Gasteiger partial charge in [0.1, 0.15) is 0 Å². The van der Waals surface area contributed by atoms with E-state index in [2.05, 4.69) is 18.7 Å². The molecule has 2 fully saturated rings. The fourth-order valence-corrected chi connectivity index (χ4v) is 2.41. The molecule has 2 aliphatic rings. The summed E-state index contributed by atoms with van der Waals surface area (Å²) < 4.78 is 0. The molecule has 2 atom stereocenters. The van der Waals surface area contributed by atoms with Crippen LogP contribution >= 0.6 is 0 Å². The average Bonchev–Trinajstić information content (AvgIpc) is 2.75. The van der Waals surface area contributed by atoms with Crippen molar-refractivity contribution in [1.29, 1.82) is 0 Å². The summed E-state index contributed by atoms with van der Waals surface area (Å²) in [5, 5.41) is 0. The Morgan fingerprint density at radius 3 is 2.62 bits per heavy atom. The highest BCUT2D eigenvalue weighted by Gasteiger charge is 2.41. The van der Waals surface area contributed by atoms with Crippen LogP contribution in [0.5, 0.6) is 0 Å². The highest BCUT2D eigenvalue weighted by molar-refractivity contribution is 5.02. The Kier molecular flexibility index (Phi) is 2.37. The molecule has 2 N–H and O–H groups in total. The van der Waals surface area contributed by atoms with Crippen LogP contribution < -0.4 is 5.73 Å². The molecule has 0 radical (unpaired) electrons. The van der Waals surface area contributed by atoms with Crippen molar-refractivity contribution in [2.75, 3.05) is 13.1 Å². The van der Waals surface area contributed by atoms with Crippen molar-refractivity contribution in [2.45, 2.75) is 51.1 Å². The van der Waals surface area contributed by atoms with Crippen molar-refractivity contribution in [3.63, 3.8) is 0 Å². The van der Waals surface area contributed by atoms with E-state index in [0.717, 1.165) is 18.5 Å². The molecule has 0 aromatic carbocycles. The van der Waals surface area contributed by atoms with Gasteiger partial charge in [0, 0.05) is 18.1 Å². The number of likely N-dealkylation sites (tertiary alicyclic amines) is 1. The number of hydrogen-bond acceptors (Lipinski definition) is 2. The lowest BCUT2D eigenvalue weighted by Crippen LogP contribution is -2.47. The van der Waals surface area contributed by atoms with Crippen molar-refractivity contribution in [2.24, 2.45) is 11.7 Å². The molecule has 0 bridgehead atoms. The summed E-state index contributed by atoms with van der Waals surface area (Å²) in [7, 11) is 0. The van der Waals surface area contributed by atoms with E-state index in [1.807, 2.05) is 0 Å². The van der Waals surface area contributed by atoms with Crippen LogP contribution in [0, 0.1) is 5.92 Å². The minimum Gasteiger partial charge on any atom is -0.324 e. The zero-order valence-corrected chi connectivity index (χ0v) is 8.92. The summed E-state index contributed by atoms with van der Waals surface area (Å²) in [4.78, 5) is 2.59. The van der Waals surface area contributed by atoms with Gasteiger partial charge in [0.2, 0.25) is 0 Å². The molecule has 2 nitrogen and oxygen atoms in total. The first-order valence-electron chi connectivity index (χ1n) is 5.62. The van der Waals surface area contributed by atoms with Gasteiger partial charge >= 0.3 is 0 Å². The highest BCUT2D eigenvalue weighted by Crippen LogP contribution is 2.35. The molecule has 1 saturated carbocycles. The first-order valence-corrected chi connectivity index (χ1v) is 5.62. The molecule has 2 rings (SSSR count). The molecule has 1 aliphatic carbocycles. The summed E-state index contributed by atoms with van der Waals surface area (Å²) >= 11 is 0. The maximum absolute atomic E-state index is 6.13. The third-order valence-electron chi connectivity index (χ3n) is 3.69. The normalized spacial score (nSPS) is 39.0. The van der Waals surface area contributed by atoms with Crippen molar-refractivity contribution in [3.05, 3.63) is 0 Å². The van der Waals surface area contributed by atoms with E-state index in [1.165, 1.54) is 32.2 Å². The van der Waals surface area contributed by atoms with Gasteiger partial charge in [-0.2, -0.15) is 0 Å². The molecule has 13 heavy (non-hydrogen) atoms. The molecule has 1 aliphatic heterocycles. The van der Waals surface area contributed by atoms with Gasteiger partial charge in [-0.15, -0.1) is 0 Å². The van der Waals surface area contributed by atoms with Gasteiger partial charge in [0.25, 0.3) is 0 Å². The van der Waals surface area contributed by atoms with Crippen LogP contribution in [0.3, 0.4) is 0 Å². The van der Waals surface area contributed by atoms with Crippen molar-refractivity contribution >= 4 is 0 Å². The molecule has 0 spiro atoms. The molecule has 1 heterocycles. The Bertz CT molecular complexity index is 187. The lowest BCUT2D eigenvalue weighted by Gasteiger charge is -2.38. The minimum absolute atomic E-state index is 0.203. The van der Waals surface area contributed by atoms with Gasteiger partial charge in [0.05, 0.1) is 0 Å². The van der Waals surface area contributed by atoms with Crippen molar-refractivity contribution < 1.29 is 0 Å². The van der Waals surface area contributed by atoms with E-state index < -0.39 is 0 Å². The second-order valence-electron chi connectivity index (χ2n) is 5.31. The van der Waals surface area contributed by atoms with Crippen LogP contribution in [0.1, 0.15) is 39.5 Å². The van der Waals surface area contributed by atoms with Gasteiger partial charge in [0.15, 0.2) is 0 Å². The Morgan fingerprint density at radius 1 is 1.38 bits per heavy atom. The van der Waals surface area contributed by atoms with E-state index >= 15 is 0 Å². The largest absolute Gasteiger partial charge is 0.324 e. The second-order valence-corrected chi connectivity index (χ2v) is 5.31. The zero-order valence-electron chi connectivity index (χ0n) is 8.92. The molecule has 76 valence electrons. The molecule has 2 unspecified atom stereocenters. The van der Waals surface area contributed by atoms with Crippen LogP contribution in [0.25, 0.3) is 0 Å². The summed E-state index contributed by atoms with van der Waals surface area (Å²) in [5.41, 5.74) is 6.34. The maximum Gasteiger partial charge on any atom is 0.0284 e. The van der Waals surface area contributed by atoms with E-state index in [4.69, 9.17) is 5.73 Å². The first kappa shape index (κ1) is 9.47. The van der Waals surface area contributed by atoms with Crippen molar-refractivity contribution in [3.8, 4) is 0 Å². The van der Waals surface area contributed by atoms with Gasteiger partial charge in [-0.25, -0.2) is 0 Å². The highest BCUT2D eigenvalue weighted by atomic mass is 15.2. The number of rotatable bonds is 2. The molecule has 0 amide bonds. The minimum atomic E-state index is 0.203. The summed E-state index contributed by atoms with van der Waals surface area (Å²) in [6, 6.07) is 0.754. The fourth-order valence-electron chi connectivity index (χ4n) is 2.41. The van der Waals surface area contributed by atoms with Crippen LogP contribution in [-0.4, -0.2) is 29.6 Å². The lowest BCUT2D eigenvalue weighted by atomic mass is 9.93. The molecular weight excluding hydrogens is 160 g/mol. The Hall–Kier alpha value is -0.0800. The predicted molar refractivity (Wildman–Crippen MR) is 55.6 cm³/mol. The fraction of sp³-hybridized carbons (Fsp3) is 1.00. The van der Waals surface area contributed by atoms with E-state index in [9.17, 15) is 0 Å². The average molecular weight is 182 g/mol. The molecule has 0 aromatic rings. The SMILES string of the molecule is CC1CCN(CC2(N)CC2)C(C)C1. The standard InChI is InChI=1S/C11H22N2/c1-9-3-6-13(10(2)7-9)8-11(12)4-5-11/h9-10H,3-8,12H2,1-2H3. The third-order valence-corrected chi connectivity index (χ3v) is 3.69.